The number of nitrogens with one attached hydrogen (secondary N) is 1. The molecule has 2 aromatic rings. The highest BCUT2D eigenvalue weighted by molar-refractivity contribution is 9.10. The van der Waals surface area contributed by atoms with Crippen LogP contribution in [-0.4, -0.2) is 18.6 Å². The standard InChI is InChI=1S/C14H15BrN2O4/c1-3-20-11-5-4-9(8-10(11)15)14(16-2)12-6-7-13(21-12)17(18)19/h4-8,14,16H,3H2,1-2H3. The average Bonchev–Trinajstić information content (AvgIpc) is 2.92. The molecule has 1 aromatic heterocycles. The topological polar surface area (TPSA) is 77.5 Å². The summed E-state index contributed by atoms with van der Waals surface area (Å²) in [5.41, 5.74) is 0.914. The minimum absolute atomic E-state index is 0.268. The van der Waals surface area contributed by atoms with Crippen molar-refractivity contribution < 1.29 is 14.1 Å². The van der Waals surface area contributed by atoms with E-state index in [4.69, 9.17) is 9.15 Å². The molecule has 0 fully saturated rings. The number of rotatable bonds is 6. The molecule has 7 heteroatoms. The Morgan fingerprint density at radius 3 is 2.71 bits per heavy atom. The van der Waals surface area contributed by atoms with Gasteiger partial charge in [0.15, 0.2) is 0 Å². The maximum absolute atomic E-state index is 10.7. The summed E-state index contributed by atoms with van der Waals surface area (Å²) in [6.07, 6.45) is 0. The van der Waals surface area contributed by atoms with Gasteiger partial charge in [-0.3, -0.25) is 10.1 Å². The van der Waals surface area contributed by atoms with E-state index >= 15 is 0 Å². The molecule has 0 bridgehead atoms. The van der Waals surface area contributed by atoms with Crippen molar-refractivity contribution in [1.29, 1.82) is 0 Å². The molecule has 1 aromatic carbocycles. The first-order chi connectivity index (χ1) is 10.1. The van der Waals surface area contributed by atoms with Crippen molar-refractivity contribution >= 4 is 21.8 Å². The largest absolute Gasteiger partial charge is 0.493 e. The third-order valence-electron chi connectivity index (χ3n) is 2.95. The zero-order valence-electron chi connectivity index (χ0n) is 11.6. The fraction of sp³-hybridized carbons (Fsp3) is 0.286. The van der Waals surface area contributed by atoms with Crippen molar-refractivity contribution in [2.75, 3.05) is 13.7 Å². The molecule has 0 amide bonds. The molecule has 0 saturated carbocycles. The summed E-state index contributed by atoms with van der Waals surface area (Å²) >= 11 is 3.45. The minimum Gasteiger partial charge on any atom is -0.493 e. The number of ether oxygens (including phenoxy) is 1. The van der Waals surface area contributed by atoms with E-state index in [0.29, 0.717) is 12.4 Å². The van der Waals surface area contributed by atoms with Gasteiger partial charge >= 0.3 is 5.88 Å². The highest BCUT2D eigenvalue weighted by Crippen LogP contribution is 2.32. The summed E-state index contributed by atoms with van der Waals surface area (Å²) < 4.78 is 11.6. The number of nitro groups is 1. The number of nitrogens with zero attached hydrogens (tertiary/aromatic N) is 1. The molecule has 1 heterocycles. The Bertz CT molecular complexity index is 642. The van der Waals surface area contributed by atoms with Crippen LogP contribution in [0.1, 0.15) is 24.3 Å². The quantitative estimate of drug-likeness (QED) is 0.632. The summed E-state index contributed by atoms with van der Waals surface area (Å²) in [5.74, 6) is 0.969. The molecule has 0 aliphatic heterocycles. The van der Waals surface area contributed by atoms with Crippen molar-refractivity contribution in [3.05, 3.63) is 56.2 Å². The zero-order chi connectivity index (χ0) is 15.4. The van der Waals surface area contributed by atoms with E-state index in [1.165, 1.54) is 6.07 Å². The van der Waals surface area contributed by atoms with Gasteiger partial charge in [0.2, 0.25) is 0 Å². The normalized spacial score (nSPS) is 12.1. The molecule has 1 unspecified atom stereocenters. The third kappa shape index (κ3) is 3.43. The van der Waals surface area contributed by atoms with Crippen molar-refractivity contribution in [3.63, 3.8) is 0 Å². The average molecular weight is 355 g/mol. The van der Waals surface area contributed by atoms with Crippen LogP contribution in [0.2, 0.25) is 0 Å². The fourth-order valence-corrected chi connectivity index (χ4v) is 2.55. The van der Waals surface area contributed by atoms with E-state index in [-0.39, 0.29) is 11.9 Å². The van der Waals surface area contributed by atoms with Gasteiger partial charge in [0.25, 0.3) is 0 Å². The molecule has 0 spiro atoms. The first kappa shape index (κ1) is 15.5. The number of hydrogen-bond acceptors (Lipinski definition) is 5. The SMILES string of the molecule is CCOc1ccc(C(NC)c2ccc([N+](=O)[O-])o2)cc1Br. The van der Waals surface area contributed by atoms with E-state index in [1.807, 2.05) is 25.1 Å². The monoisotopic (exact) mass is 354 g/mol. The number of benzene rings is 1. The maximum Gasteiger partial charge on any atom is 0.433 e. The van der Waals surface area contributed by atoms with Crippen molar-refractivity contribution in [1.82, 2.24) is 5.32 Å². The van der Waals surface area contributed by atoms with Gasteiger partial charge in [0.05, 0.1) is 23.2 Å². The Kier molecular flexibility index (Phi) is 4.98. The Balaban J connectivity index is 2.32. The van der Waals surface area contributed by atoms with Gasteiger partial charge in [-0.1, -0.05) is 6.07 Å². The van der Waals surface area contributed by atoms with Crippen molar-refractivity contribution in [3.8, 4) is 5.75 Å². The maximum atomic E-state index is 10.7. The first-order valence-electron chi connectivity index (χ1n) is 6.40. The first-order valence-corrected chi connectivity index (χ1v) is 7.19. The molecule has 1 N–H and O–H groups in total. The molecular weight excluding hydrogens is 340 g/mol. The Labute approximate surface area is 130 Å². The second-order valence-electron chi connectivity index (χ2n) is 4.28. The number of furan rings is 1. The van der Waals surface area contributed by atoms with Crippen LogP contribution in [0.3, 0.4) is 0 Å². The smallest absolute Gasteiger partial charge is 0.433 e. The predicted molar refractivity (Wildman–Crippen MR) is 81.6 cm³/mol. The molecule has 0 aliphatic carbocycles. The van der Waals surface area contributed by atoms with Crippen LogP contribution >= 0.6 is 15.9 Å². The van der Waals surface area contributed by atoms with Crippen LogP contribution in [0, 0.1) is 10.1 Å². The van der Waals surface area contributed by atoms with Gasteiger partial charge < -0.3 is 14.5 Å². The molecule has 21 heavy (non-hydrogen) atoms. The van der Waals surface area contributed by atoms with Crippen molar-refractivity contribution in [2.24, 2.45) is 0 Å². The molecule has 0 saturated heterocycles. The van der Waals surface area contributed by atoms with E-state index in [2.05, 4.69) is 21.2 Å². The van der Waals surface area contributed by atoms with Gasteiger partial charge in [-0.05, 0) is 53.7 Å². The summed E-state index contributed by atoms with van der Waals surface area (Å²) in [5, 5.41) is 13.8. The van der Waals surface area contributed by atoms with Crippen LogP contribution in [-0.2, 0) is 0 Å². The van der Waals surface area contributed by atoms with Crippen LogP contribution in [0.5, 0.6) is 5.75 Å². The van der Waals surface area contributed by atoms with E-state index < -0.39 is 4.92 Å². The van der Waals surface area contributed by atoms with Crippen molar-refractivity contribution in [2.45, 2.75) is 13.0 Å². The van der Waals surface area contributed by atoms with Crippen LogP contribution < -0.4 is 10.1 Å². The molecule has 112 valence electrons. The highest BCUT2D eigenvalue weighted by Gasteiger charge is 2.20. The molecule has 2 rings (SSSR count). The van der Waals surface area contributed by atoms with Crippen LogP contribution in [0.4, 0.5) is 5.88 Å². The lowest BCUT2D eigenvalue weighted by Crippen LogP contribution is -2.17. The molecule has 6 nitrogen and oxygen atoms in total. The Morgan fingerprint density at radius 2 is 2.19 bits per heavy atom. The summed E-state index contributed by atoms with van der Waals surface area (Å²) in [6, 6.07) is 8.33. The summed E-state index contributed by atoms with van der Waals surface area (Å²) in [4.78, 5) is 10.1. The molecule has 0 aliphatic rings. The Hall–Kier alpha value is -1.86. The predicted octanol–water partition coefficient (Wildman–Crippen LogP) is 3.66. The van der Waals surface area contributed by atoms with E-state index in [9.17, 15) is 10.1 Å². The van der Waals surface area contributed by atoms with Crippen LogP contribution in [0.15, 0.2) is 39.2 Å². The second kappa shape index (κ2) is 6.73. The van der Waals surface area contributed by atoms with Gasteiger partial charge in [-0.25, -0.2) is 0 Å². The summed E-state index contributed by atoms with van der Waals surface area (Å²) in [6.45, 7) is 2.50. The van der Waals surface area contributed by atoms with E-state index in [1.54, 1.807) is 13.1 Å². The lowest BCUT2D eigenvalue weighted by atomic mass is 10.0. The summed E-state index contributed by atoms with van der Waals surface area (Å²) in [7, 11) is 1.77. The van der Waals surface area contributed by atoms with E-state index in [0.717, 1.165) is 15.8 Å². The molecular formula is C14H15BrN2O4. The third-order valence-corrected chi connectivity index (χ3v) is 3.57. The fourth-order valence-electron chi connectivity index (χ4n) is 2.04. The van der Waals surface area contributed by atoms with Gasteiger partial charge in [-0.2, -0.15) is 0 Å². The number of halogens is 1. The minimum atomic E-state index is -0.551. The highest BCUT2D eigenvalue weighted by atomic mass is 79.9. The van der Waals surface area contributed by atoms with Crippen LogP contribution in [0.25, 0.3) is 0 Å². The zero-order valence-corrected chi connectivity index (χ0v) is 13.2. The van der Waals surface area contributed by atoms with Gasteiger partial charge in [0, 0.05) is 0 Å². The lowest BCUT2D eigenvalue weighted by molar-refractivity contribution is -0.402. The van der Waals surface area contributed by atoms with Gasteiger partial charge in [-0.15, -0.1) is 0 Å². The van der Waals surface area contributed by atoms with Gasteiger partial charge in [0.1, 0.15) is 16.4 Å². The molecule has 0 radical (unpaired) electrons. The number of hydrogen-bond donors (Lipinski definition) is 1. The lowest BCUT2D eigenvalue weighted by Gasteiger charge is -2.15. The second-order valence-corrected chi connectivity index (χ2v) is 5.13. The Morgan fingerprint density at radius 1 is 1.43 bits per heavy atom. The molecule has 1 atom stereocenters.